The summed E-state index contributed by atoms with van der Waals surface area (Å²) in [6, 6.07) is 6.15. The van der Waals surface area contributed by atoms with E-state index in [1.54, 1.807) is 25.3 Å². The molecule has 0 radical (unpaired) electrons. The fourth-order valence-electron chi connectivity index (χ4n) is 8.43. The maximum Gasteiger partial charge on any atom is 0.255 e. The van der Waals surface area contributed by atoms with E-state index in [1.807, 2.05) is 32.7 Å². The molecule has 2 amide bonds. The summed E-state index contributed by atoms with van der Waals surface area (Å²) in [5, 5.41) is 40.2. The first kappa shape index (κ1) is 59.4. The van der Waals surface area contributed by atoms with Crippen LogP contribution >= 0.6 is 0 Å². The number of phenolic OH excluding ortho intramolecular Hbond substituents is 2. The van der Waals surface area contributed by atoms with Gasteiger partial charge in [-0.3, -0.25) is 33.9 Å². The number of primary amides is 1. The number of nitrogens with one attached hydrogen (secondary N) is 1. The Balaban J connectivity index is 0.000000277. The molecule has 0 spiro atoms. The zero-order valence-electron chi connectivity index (χ0n) is 42.0. The third-order valence-corrected chi connectivity index (χ3v) is 12.3. The molecule has 3 aromatic rings. The van der Waals surface area contributed by atoms with Crippen LogP contribution in [0.5, 0.6) is 23.0 Å². The van der Waals surface area contributed by atoms with E-state index in [2.05, 4.69) is 10.3 Å². The molecular weight excluding hydrogens is 923 g/mol. The van der Waals surface area contributed by atoms with Crippen LogP contribution in [0.3, 0.4) is 0 Å². The molecule has 3 heterocycles. The Hall–Kier alpha value is -5.87. The summed E-state index contributed by atoms with van der Waals surface area (Å²) in [4.78, 5) is 77.1. The van der Waals surface area contributed by atoms with Crippen LogP contribution in [0.4, 0.5) is 0 Å². The van der Waals surface area contributed by atoms with Crippen molar-refractivity contribution in [2.24, 2.45) is 17.4 Å². The van der Waals surface area contributed by atoms with Crippen molar-refractivity contribution in [2.45, 2.75) is 109 Å². The average Bonchev–Trinajstić information content (AvgIpc) is 3.82. The highest BCUT2D eigenvalue weighted by atomic mass is 16.7. The minimum Gasteiger partial charge on any atom is -0.507 e. The molecule has 9 N–H and O–H groups in total. The Bertz CT molecular complexity index is 2270. The highest BCUT2D eigenvalue weighted by molar-refractivity contribution is 6.31. The lowest BCUT2D eigenvalue weighted by atomic mass is 9.75. The number of fused-ring (bicyclic) bond motifs is 3. The molecule has 20 nitrogen and oxygen atoms in total. The number of hydrogen-bond acceptors (Lipinski definition) is 18. The van der Waals surface area contributed by atoms with Crippen molar-refractivity contribution in [1.82, 2.24) is 15.2 Å². The number of hydrogen-bond donors (Lipinski definition) is 7. The normalized spacial score (nSPS) is 18.3. The fourth-order valence-corrected chi connectivity index (χ4v) is 8.43. The van der Waals surface area contributed by atoms with Gasteiger partial charge < -0.3 is 65.7 Å². The van der Waals surface area contributed by atoms with Gasteiger partial charge in [-0.2, -0.15) is 0 Å². The number of likely N-dealkylation sites (N-methyl/N-ethyl adjacent to an activating group) is 1. The van der Waals surface area contributed by atoms with Gasteiger partial charge in [0.15, 0.2) is 23.6 Å². The predicted octanol–water partition coefficient (Wildman–Crippen LogP) is 3.19. The minimum absolute atomic E-state index is 0.00463. The third-order valence-electron chi connectivity index (χ3n) is 12.3. The van der Waals surface area contributed by atoms with E-state index >= 15 is 0 Å². The summed E-state index contributed by atoms with van der Waals surface area (Å²) in [7, 11) is 6.00. The Kier molecular flexibility index (Phi) is 24.7. The number of nitrogens with zero attached hydrogens (tertiary/aromatic N) is 2. The smallest absolute Gasteiger partial charge is 0.255 e. The van der Waals surface area contributed by atoms with E-state index in [4.69, 9.17) is 45.4 Å². The lowest BCUT2D eigenvalue weighted by Crippen LogP contribution is -2.37. The van der Waals surface area contributed by atoms with E-state index in [-0.39, 0.29) is 100 Å². The van der Waals surface area contributed by atoms with Crippen LogP contribution in [0.2, 0.25) is 0 Å². The van der Waals surface area contributed by atoms with Crippen molar-refractivity contribution in [3.8, 4) is 23.0 Å². The summed E-state index contributed by atoms with van der Waals surface area (Å²) < 4.78 is 27.0. The van der Waals surface area contributed by atoms with E-state index < -0.39 is 29.7 Å². The van der Waals surface area contributed by atoms with Crippen LogP contribution in [0.25, 0.3) is 0 Å². The number of aldehydes is 1. The number of rotatable bonds is 16. The van der Waals surface area contributed by atoms with Crippen LogP contribution < -0.4 is 26.3 Å². The number of aliphatic hydroxyl groups is 2. The number of ether oxygens (including phenoxy) is 5. The van der Waals surface area contributed by atoms with Crippen molar-refractivity contribution < 1.29 is 72.9 Å². The molecule has 71 heavy (non-hydrogen) atoms. The molecule has 2 saturated heterocycles. The van der Waals surface area contributed by atoms with Crippen LogP contribution in [0.1, 0.15) is 125 Å². The number of phenols is 2. The van der Waals surface area contributed by atoms with Gasteiger partial charge in [0.05, 0.1) is 60.9 Å². The van der Waals surface area contributed by atoms with Crippen LogP contribution in [-0.4, -0.2) is 158 Å². The van der Waals surface area contributed by atoms with Crippen molar-refractivity contribution in [1.29, 1.82) is 0 Å². The molecule has 1 aromatic heterocycles. The van der Waals surface area contributed by atoms with E-state index in [0.717, 1.165) is 45.9 Å². The number of carbonyl (C=O) groups is 6. The summed E-state index contributed by atoms with van der Waals surface area (Å²) in [6.45, 7) is 8.17. The Morgan fingerprint density at radius 3 is 2.25 bits per heavy atom. The molecular formula is C51H73N5O15. The van der Waals surface area contributed by atoms with Gasteiger partial charge in [0.2, 0.25) is 11.7 Å². The summed E-state index contributed by atoms with van der Waals surface area (Å²) in [5.41, 5.74) is 10.7. The number of aromatic nitrogens is 1. The zero-order valence-corrected chi connectivity index (χ0v) is 42.0. The molecule has 2 aliphatic carbocycles. The number of amides is 2. The molecule has 20 heteroatoms. The van der Waals surface area contributed by atoms with Crippen molar-refractivity contribution in [2.75, 3.05) is 67.8 Å². The lowest BCUT2D eigenvalue weighted by Gasteiger charge is -2.29. The number of likely N-dealkylation sites (tertiary alicyclic amines) is 1. The topological polar surface area (TPSA) is 310 Å². The van der Waals surface area contributed by atoms with Crippen molar-refractivity contribution in [3.05, 3.63) is 75.6 Å². The number of ketones is 3. The zero-order chi connectivity index (χ0) is 52.8. The molecule has 7 rings (SSSR count). The Morgan fingerprint density at radius 1 is 0.986 bits per heavy atom. The Morgan fingerprint density at radius 2 is 1.69 bits per heavy atom. The quantitative estimate of drug-likeness (QED) is 0.0626. The number of aliphatic hydroxyl groups excluding tert-OH is 2. The van der Waals surface area contributed by atoms with Gasteiger partial charge in [0.1, 0.15) is 35.7 Å². The van der Waals surface area contributed by atoms with Gasteiger partial charge in [0.25, 0.3) is 5.91 Å². The molecule has 2 fully saturated rings. The lowest BCUT2D eigenvalue weighted by molar-refractivity contribution is -0.145. The van der Waals surface area contributed by atoms with Gasteiger partial charge in [-0.15, -0.1) is 0 Å². The SMILES string of the molecule is CC(CCN)OCCC(C)(C)Oc1cnccc1C(=O)NCC=O.CN1CCCC1C(N)=O.CO.COC1CCCCO1.COc1cccc2c1C(=O)c1c(O)c3c(c(O)c1C2=O)CC(C(=O)CO)CC3. The molecule has 4 unspecified atom stereocenters. The third kappa shape index (κ3) is 16.3. The largest absolute Gasteiger partial charge is 0.507 e. The second-order valence-electron chi connectivity index (χ2n) is 17.7. The number of Topliss-reactive ketones (excluding diaryl/α,β-unsaturated/α-hetero) is 1. The van der Waals surface area contributed by atoms with Gasteiger partial charge >= 0.3 is 0 Å². The van der Waals surface area contributed by atoms with E-state index in [1.165, 1.54) is 38.4 Å². The number of nitrogens with two attached hydrogens (primary N) is 2. The molecule has 0 saturated carbocycles. The van der Waals surface area contributed by atoms with Gasteiger partial charge in [-0.1, -0.05) is 12.1 Å². The molecule has 2 aromatic carbocycles. The van der Waals surface area contributed by atoms with Crippen molar-refractivity contribution in [3.63, 3.8) is 0 Å². The standard InChI is InChI=1S/C21H18O7.C17H27N3O4.C6H12N2O.C6H12O2.CH4O/c1-28-14-4-2-3-11-15(14)21(27)17-16(19(11)25)20(26)12-7-9(13(23)8-22)5-6-10(12)18(17)24;1-13(4-7-18)23-11-6-17(2,3)24-15-12-19-8-5-14(15)16(22)20-9-10-21;1-8-4-2-3-5(8)6(7)9;1-7-6-4-2-3-5-8-6;1-2/h2-4,9,22,24,26H,5-8H2,1H3;5,8,10,12-13H,4,6-7,9,11,18H2,1-3H3,(H,20,22);5H,2-4H2,1H3,(H2,7,9);6H,2-5H2,1H3;2H,1H3. The monoisotopic (exact) mass is 996 g/mol. The number of carbonyl (C=O) groups excluding carboxylic acids is 6. The van der Waals surface area contributed by atoms with E-state index in [9.17, 15) is 39.0 Å². The summed E-state index contributed by atoms with van der Waals surface area (Å²) in [5.74, 6) is -2.74. The van der Waals surface area contributed by atoms with Gasteiger partial charge in [0, 0.05) is 56.1 Å². The highest BCUT2D eigenvalue weighted by Crippen LogP contribution is 2.47. The fraction of sp³-hybridized carbons (Fsp3) is 0.549. The molecule has 0 bridgehead atoms. The molecule has 4 atom stereocenters. The van der Waals surface area contributed by atoms with Crippen LogP contribution in [0.15, 0.2) is 36.7 Å². The van der Waals surface area contributed by atoms with Gasteiger partial charge in [-0.25, -0.2) is 0 Å². The molecule has 392 valence electrons. The number of pyridine rings is 1. The predicted molar refractivity (Wildman–Crippen MR) is 262 cm³/mol. The first-order valence-corrected chi connectivity index (χ1v) is 23.7. The summed E-state index contributed by atoms with van der Waals surface area (Å²) >= 11 is 0. The van der Waals surface area contributed by atoms with Crippen LogP contribution in [-0.2, 0) is 41.4 Å². The first-order valence-electron chi connectivity index (χ1n) is 23.7. The minimum atomic E-state index is -0.609. The van der Waals surface area contributed by atoms with Crippen molar-refractivity contribution >= 4 is 35.5 Å². The highest BCUT2D eigenvalue weighted by Gasteiger charge is 2.41. The Labute approximate surface area is 415 Å². The second kappa shape index (κ2) is 29.5. The maximum atomic E-state index is 13.1. The van der Waals surface area contributed by atoms with E-state index in [0.29, 0.717) is 49.2 Å². The van der Waals surface area contributed by atoms with Gasteiger partial charge in [-0.05, 0) is 111 Å². The number of aromatic hydroxyl groups is 2. The maximum absolute atomic E-state index is 13.1. The molecule has 2 aliphatic heterocycles. The first-order chi connectivity index (χ1) is 33.9. The second-order valence-corrected chi connectivity index (χ2v) is 17.7. The summed E-state index contributed by atoms with van der Waals surface area (Å²) in [6.07, 6.45) is 11.5. The number of methoxy groups -OCH3 is 2. The average molecular weight is 996 g/mol. The number of benzene rings is 2. The van der Waals surface area contributed by atoms with Crippen LogP contribution in [0, 0.1) is 5.92 Å². The molecule has 4 aliphatic rings.